The van der Waals surface area contributed by atoms with Crippen molar-refractivity contribution in [3.05, 3.63) is 22.4 Å². The van der Waals surface area contributed by atoms with Crippen molar-refractivity contribution in [3.63, 3.8) is 0 Å². The molecule has 1 unspecified atom stereocenters. The number of amides is 1. The summed E-state index contributed by atoms with van der Waals surface area (Å²) in [4.78, 5) is 41.4. The highest BCUT2D eigenvalue weighted by atomic mass is 16.5. The number of esters is 1. The highest BCUT2D eigenvalue weighted by Crippen LogP contribution is 2.20. The number of aromatic amines is 2. The fourth-order valence-corrected chi connectivity index (χ4v) is 2.26. The number of hydrogen-bond acceptors (Lipinski definition) is 4. The van der Waals surface area contributed by atoms with E-state index in [1.807, 2.05) is 0 Å². The number of nitrogens with one attached hydrogen (secondary N) is 2. The minimum atomic E-state index is -0.556. The van der Waals surface area contributed by atoms with Gasteiger partial charge in [0.25, 0.3) is 5.91 Å². The molecule has 1 atom stereocenters. The standard InChI is InChI=1S/C12H17N3O4/c1-2-19-11(17)9-5-3-4-6-15(9)10(16)8-7-13-12(18)14-8/h7,9H,2-6H2,1H3,(H2,13,14,18). The van der Waals surface area contributed by atoms with Crippen molar-refractivity contribution < 1.29 is 14.3 Å². The van der Waals surface area contributed by atoms with Crippen molar-refractivity contribution in [1.82, 2.24) is 14.9 Å². The summed E-state index contributed by atoms with van der Waals surface area (Å²) in [6, 6.07) is -0.556. The van der Waals surface area contributed by atoms with Gasteiger partial charge in [-0.15, -0.1) is 0 Å². The molecule has 2 N–H and O–H groups in total. The van der Waals surface area contributed by atoms with Crippen LogP contribution in [0.1, 0.15) is 36.7 Å². The van der Waals surface area contributed by atoms with Crippen LogP contribution in [0, 0.1) is 0 Å². The Kier molecular flexibility index (Phi) is 4.03. The van der Waals surface area contributed by atoms with Gasteiger partial charge in [0, 0.05) is 12.7 Å². The molecule has 1 aliphatic heterocycles. The van der Waals surface area contributed by atoms with Gasteiger partial charge in [-0.3, -0.25) is 4.79 Å². The van der Waals surface area contributed by atoms with Crippen LogP contribution in [0.2, 0.25) is 0 Å². The van der Waals surface area contributed by atoms with Gasteiger partial charge in [-0.1, -0.05) is 0 Å². The molecule has 0 saturated carbocycles. The molecular weight excluding hydrogens is 250 g/mol. The molecule has 0 bridgehead atoms. The SMILES string of the molecule is CCOC(=O)C1CCCCN1C(=O)c1c[nH]c(=O)[nH]1. The summed E-state index contributed by atoms with van der Waals surface area (Å²) in [5.41, 5.74) is -0.269. The summed E-state index contributed by atoms with van der Waals surface area (Å²) < 4.78 is 4.99. The van der Waals surface area contributed by atoms with Gasteiger partial charge in [0.15, 0.2) is 0 Å². The normalized spacial score (nSPS) is 19.2. The predicted octanol–water partition coefficient (Wildman–Crippen LogP) is 0.261. The van der Waals surface area contributed by atoms with Gasteiger partial charge in [0.1, 0.15) is 11.7 Å². The van der Waals surface area contributed by atoms with Crippen molar-refractivity contribution >= 4 is 11.9 Å². The van der Waals surface area contributed by atoms with Crippen LogP contribution < -0.4 is 5.69 Å². The first kappa shape index (κ1) is 13.4. The van der Waals surface area contributed by atoms with E-state index in [2.05, 4.69) is 9.97 Å². The van der Waals surface area contributed by atoms with Crippen LogP contribution >= 0.6 is 0 Å². The van der Waals surface area contributed by atoms with Gasteiger partial charge in [-0.25, -0.2) is 9.59 Å². The lowest BCUT2D eigenvalue weighted by Crippen LogP contribution is -2.48. The zero-order valence-electron chi connectivity index (χ0n) is 10.8. The van der Waals surface area contributed by atoms with E-state index in [-0.39, 0.29) is 17.6 Å². The van der Waals surface area contributed by atoms with Crippen molar-refractivity contribution in [2.75, 3.05) is 13.2 Å². The molecule has 1 aromatic rings. The largest absolute Gasteiger partial charge is 0.464 e. The molecule has 7 heteroatoms. The summed E-state index contributed by atoms with van der Waals surface area (Å²) in [5, 5.41) is 0. The van der Waals surface area contributed by atoms with Gasteiger partial charge in [-0.2, -0.15) is 0 Å². The number of likely N-dealkylation sites (tertiary alicyclic amines) is 1. The van der Waals surface area contributed by atoms with Gasteiger partial charge in [0.05, 0.1) is 6.61 Å². The molecule has 104 valence electrons. The van der Waals surface area contributed by atoms with Crippen molar-refractivity contribution in [1.29, 1.82) is 0 Å². The number of rotatable bonds is 3. The predicted molar refractivity (Wildman–Crippen MR) is 66.7 cm³/mol. The highest BCUT2D eigenvalue weighted by molar-refractivity contribution is 5.95. The molecule has 0 aliphatic carbocycles. The summed E-state index contributed by atoms with van der Waals surface area (Å²) >= 11 is 0. The molecule has 1 amide bonds. The van der Waals surface area contributed by atoms with Crippen LogP contribution in [0.4, 0.5) is 0 Å². The molecule has 2 rings (SSSR count). The van der Waals surface area contributed by atoms with Crippen LogP contribution in [-0.2, 0) is 9.53 Å². The average Bonchev–Trinajstić information content (AvgIpc) is 2.85. The number of ether oxygens (including phenoxy) is 1. The van der Waals surface area contributed by atoms with E-state index in [4.69, 9.17) is 4.74 Å². The maximum absolute atomic E-state index is 12.3. The van der Waals surface area contributed by atoms with Crippen LogP contribution in [-0.4, -0.2) is 45.9 Å². The smallest absolute Gasteiger partial charge is 0.328 e. The molecule has 7 nitrogen and oxygen atoms in total. The van der Waals surface area contributed by atoms with E-state index < -0.39 is 11.7 Å². The molecular formula is C12H17N3O4. The Morgan fingerprint density at radius 3 is 2.89 bits per heavy atom. The minimum Gasteiger partial charge on any atom is -0.464 e. The van der Waals surface area contributed by atoms with Crippen LogP contribution in [0.25, 0.3) is 0 Å². The maximum atomic E-state index is 12.3. The molecule has 0 aromatic carbocycles. The third-order valence-corrected chi connectivity index (χ3v) is 3.15. The highest BCUT2D eigenvalue weighted by Gasteiger charge is 2.34. The number of H-pyrrole nitrogens is 2. The van der Waals surface area contributed by atoms with E-state index in [9.17, 15) is 14.4 Å². The molecule has 1 fully saturated rings. The fraction of sp³-hybridized carbons (Fsp3) is 0.583. The van der Waals surface area contributed by atoms with Gasteiger partial charge in [-0.05, 0) is 26.2 Å². The fourth-order valence-electron chi connectivity index (χ4n) is 2.26. The first-order valence-electron chi connectivity index (χ1n) is 6.38. The van der Waals surface area contributed by atoms with E-state index in [0.29, 0.717) is 19.6 Å². The summed E-state index contributed by atoms with van der Waals surface area (Å²) in [6.45, 7) is 2.52. The molecule has 2 heterocycles. The lowest BCUT2D eigenvalue weighted by atomic mass is 10.0. The van der Waals surface area contributed by atoms with E-state index in [1.54, 1.807) is 6.92 Å². The van der Waals surface area contributed by atoms with Crippen LogP contribution in [0.5, 0.6) is 0 Å². The second-order valence-electron chi connectivity index (χ2n) is 4.42. The van der Waals surface area contributed by atoms with E-state index in [1.165, 1.54) is 11.1 Å². The zero-order valence-corrected chi connectivity index (χ0v) is 10.8. The van der Waals surface area contributed by atoms with E-state index in [0.717, 1.165) is 12.8 Å². The monoisotopic (exact) mass is 267 g/mol. The molecule has 19 heavy (non-hydrogen) atoms. The zero-order chi connectivity index (χ0) is 13.8. The minimum absolute atomic E-state index is 0.168. The van der Waals surface area contributed by atoms with Gasteiger partial charge >= 0.3 is 11.7 Å². The number of hydrogen-bond donors (Lipinski definition) is 2. The third kappa shape index (κ3) is 2.86. The Bertz CT molecular complexity index is 519. The first-order chi connectivity index (χ1) is 9.13. The molecule has 0 spiro atoms. The number of carbonyl (C=O) groups is 2. The number of aromatic nitrogens is 2. The average molecular weight is 267 g/mol. The van der Waals surface area contributed by atoms with Crippen molar-refractivity contribution in [3.8, 4) is 0 Å². The molecule has 0 radical (unpaired) electrons. The lowest BCUT2D eigenvalue weighted by Gasteiger charge is -2.33. The van der Waals surface area contributed by atoms with Crippen molar-refractivity contribution in [2.24, 2.45) is 0 Å². The quantitative estimate of drug-likeness (QED) is 0.768. The Hall–Kier alpha value is -2.05. The Balaban J connectivity index is 2.17. The number of piperidine rings is 1. The molecule has 1 saturated heterocycles. The van der Waals surface area contributed by atoms with Crippen LogP contribution in [0.15, 0.2) is 11.0 Å². The number of carbonyl (C=O) groups excluding carboxylic acids is 2. The van der Waals surface area contributed by atoms with E-state index >= 15 is 0 Å². The number of imidazole rings is 1. The maximum Gasteiger partial charge on any atom is 0.328 e. The Labute approximate surface area is 109 Å². The summed E-state index contributed by atoms with van der Waals surface area (Å²) in [7, 11) is 0. The molecule has 1 aromatic heterocycles. The second kappa shape index (κ2) is 5.73. The summed E-state index contributed by atoms with van der Waals surface area (Å²) in [6.07, 6.45) is 3.65. The van der Waals surface area contributed by atoms with Gasteiger partial charge < -0.3 is 19.6 Å². The van der Waals surface area contributed by atoms with Gasteiger partial charge in [0.2, 0.25) is 0 Å². The topological polar surface area (TPSA) is 95.3 Å². The van der Waals surface area contributed by atoms with Crippen molar-refractivity contribution in [2.45, 2.75) is 32.2 Å². The summed E-state index contributed by atoms with van der Waals surface area (Å²) in [5.74, 6) is -0.732. The molecule has 1 aliphatic rings. The van der Waals surface area contributed by atoms with Crippen LogP contribution in [0.3, 0.4) is 0 Å². The Morgan fingerprint density at radius 1 is 1.47 bits per heavy atom. The first-order valence-corrected chi connectivity index (χ1v) is 6.38. The Morgan fingerprint density at radius 2 is 2.26 bits per heavy atom. The number of nitrogens with zero attached hydrogens (tertiary/aromatic N) is 1. The second-order valence-corrected chi connectivity index (χ2v) is 4.42. The third-order valence-electron chi connectivity index (χ3n) is 3.15. The lowest BCUT2D eigenvalue weighted by molar-refractivity contribution is -0.149.